The van der Waals surface area contributed by atoms with E-state index in [4.69, 9.17) is 0 Å². The van der Waals surface area contributed by atoms with Crippen LogP contribution in [0, 0.1) is 5.41 Å². The molecule has 2 N–H and O–H groups in total. The normalized spacial score (nSPS) is 19.3. The predicted octanol–water partition coefficient (Wildman–Crippen LogP) is 2.72. The number of aromatic nitrogens is 1. The highest BCUT2D eigenvalue weighted by Gasteiger charge is 2.38. The van der Waals surface area contributed by atoms with Gasteiger partial charge in [0.25, 0.3) is 0 Å². The summed E-state index contributed by atoms with van der Waals surface area (Å²) in [5.74, 6) is 0.338. The van der Waals surface area contributed by atoms with Crippen LogP contribution in [0.1, 0.15) is 32.1 Å². The summed E-state index contributed by atoms with van der Waals surface area (Å²) in [5, 5.41) is 6.79. The predicted molar refractivity (Wildman–Crippen MR) is 102 cm³/mol. The summed E-state index contributed by atoms with van der Waals surface area (Å²) in [6.45, 7) is 4.90. The number of carbonyl (C=O) groups is 1. The van der Waals surface area contributed by atoms with E-state index in [0.717, 1.165) is 57.7 Å². The molecule has 0 saturated carbocycles. The minimum Gasteiger partial charge on any atom is -0.384 e. The number of halogens is 2. The van der Waals surface area contributed by atoms with E-state index < -0.39 is 0 Å². The topological polar surface area (TPSA) is 57.3 Å². The molecular formula is C17H28Cl2N4O. The minimum absolute atomic E-state index is 0. The van der Waals surface area contributed by atoms with Crippen molar-refractivity contribution in [3.8, 4) is 0 Å². The third-order valence-electron chi connectivity index (χ3n) is 5.01. The molecule has 136 valence electrons. The first-order valence-corrected chi connectivity index (χ1v) is 8.40. The lowest BCUT2D eigenvalue weighted by atomic mass is 9.73. The molecule has 1 amide bonds. The molecule has 3 rings (SSSR count). The van der Waals surface area contributed by atoms with Crippen molar-refractivity contribution in [2.75, 3.05) is 38.0 Å². The van der Waals surface area contributed by atoms with Crippen LogP contribution in [0.5, 0.6) is 0 Å². The summed E-state index contributed by atoms with van der Waals surface area (Å²) >= 11 is 0. The molecule has 2 saturated heterocycles. The van der Waals surface area contributed by atoms with E-state index in [0.29, 0.717) is 11.3 Å². The van der Waals surface area contributed by atoms with Crippen LogP contribution in [-0.2, 0) is 4.79 Å². The zero-order chi connectivity index (χ0) is 15.3. The number of nitrogens with one attached hydrogen (secondary N) is 2. The molecular weight excluding hydrogens is 347 g/mol. The Balaban J connectivity index is 0.00000144. The maximum atomic E-state index is 12.2. The zero-order valence-electron chi connectivity index (χ0n) is 14.0. The Morgan fingerprint density at radius 3 is 2.75 bits per heavy atom. The maximum Gasteiger partial charge on any atom is 0.222 e. The van der Waals surface area contributed by atoms with Gasteiger partial charge in [-0.2, -0.15) is 0 Å². The number of hydrogen-bond acceptors (Lipinski definition) is 4. The van der Waals surface area contributed by atoms with Crippen LogP contribution < -0.4 is 10.6 Å². The molecule has 0 unspecified atom stereocenters. The van der Waals surface area contributed by atoms with Gasteiger partial charge in [0.15, 0.2) is 0 Å². The molecule has 3 heterocycles. The molecule has 2 aliphatic rings. The summed E-state index contributed by atoms with van der Waals surface area (Å²) in [7, 11) is 0. The Morgan fingerprint density at radius 2 is 2.04 bits per heavy atom. The molecule has 5 nitrogen and oxygen atoms in total. The van der Waals surface area contributed by atoms with Crippen molar-refractivity contribution in [3.63, 3.8) is 0 Å². The fraction of sp³-hybridized carbons (Fsp3) is 0.647. The molecule has 0 aromatic carbocycles. The van der Waals surface area contributed by atoms with Gasteiger partial charge in [-0.05, 0) is 56.3 Å². The number of amides is 1. The van der Waals surface area contributed by atoms with Crippen LogP contribution in [0.4, 0.5) is 5.69 Å². The molecule has 0 aliphatic carbocycles. The summed E-state index contributed by atoms with van der Waals surface area (Å²) in [5.41, 5.74) is 1.43. The second-order valence-corrected chi connectivity index (χ2v) is 6.59. The number of hydrogen-bond donors (Lipinski definition) is 2. The van der Waals surface area contributed by atoms with E-state index in [1.165, 1.54) is 12.8 Å². The number of piperidine rings is 2. The molecule has 0 bridgehead atoms. The summed E-state index contributed by atoms with van der Waals surface area (Å²) in [6.07, 6.45) is 8.82. The molecule has 0 atom stereocenters. The number of likely N-dealkylation sites (tertiary alicyclic amines) is 1. The molecule has 2 fully saturated rings. The summed E-state index contributed by atoms with van der Waals surface area (Å²) in [4.78, 5) is 18.4. The van der Waals surface area contributed by atoms with E-state index in [-0.39, 0.29) is 24.8 Å². The van der Waals surface area contributed by atoms with Gasteiger partial charge in [-0.1, -0.05) is 0 Å². The highest BCUT2D eigenvalue weighted by Crippen LogP contribution is 2.38. The molecule has 0 radical (unpaired) electrons. The van der Waals surface area contributed by atoms with Gasteiger partial charge in [-0.25, -0.2) is 0 Å². The lowest BCUT2D eigenvalue weighted by Crippen LogP contribution is -2.51. The summed E-state index contributed by atoms with van der Waals surface area (Å²) < 4.78 is 0. The average molecular weight is 375 g/mol. The van der Waals surface area contributed by atoms with Gasteiger partial charge >= 0.3 is 0 Å². The number of nitrogens with zero attached hydrogens (tertiary/aromatic N) is 2. The van der Waals surface area contributed by atoms with Gasteiger partial charge in [-0.3, -0.25) is 9.78 Å². The highest BCUT2D eigenvalue weighted by atomic mass is 35.5. The van der Waals surface area contributed by atoms with Gasteiger partial charge < -0.3 is 15.5 Å². The van der Waals surface area contributed by atoms with Gasteiger partial charge in [0.1, 0.15) is 0 Å². The largest absolute Gasteiger partial charge is 0.384 e. The monoisotopic (exact) mass is 374 g/mol. The zero-order valence-corrected chi connectivity index (χ0v) is 15.6. The number of pyridine rings is 1. The van der Waals surface area contributed by atoms with E-state index in [1.54, 1.807) is 6.20 Å². The standard InChI is InChI=1S/C17H26N4O.2ClH/c22-16-4-5-17(6-10-18-11-7-17)14-21(16)12-2-9-20-15-3-1-8-19-13-15;;/h1,3,8,13,18,20H,2,4-7,9-12,14H2;2*1H. The van der Waals surface area contributed by atoms with Crippen LogP contribution in [0.15, 0.2) is 24.5 Å². The van der Waals surface area contributed by atoms with Crippen molar-refractivity contribution in [2.24, 2.45) is 5.41 Å². The van der Waals surface area contributed by atoms with Crippen molar-refractivity contribution in [1.29, 1.82) is 0 Å². The first-order valence-electron chi connectivity index (χ1n) is 8.40. The second kappa shape index (κ2) is 10.1. The summed E-state index contributed by atoms with van der Waals surface area (Å²) in [6, 6.07) is 3.94. The first kappa shape index (κ1) is 21.0. The lowest BCUT2D eigenvalue weighted by Gasteiger charge is -2.45. The van der Waals surface area contributed by atoms with Gasteiger partial charge in [0.05, 0.1) is 5.69 Å². The molecule has 7 heteroatoms. The minimum atomic E-state index is 0. The van der Waals surface area contributed by atoms with Gasteiger partial charge in [-0.15, -0.1) is 24.8 Å². The van der Waals surface area contributed by atoms with Crippen molar-refractivity contribution >= 4 is 36.4 Å². The van der Waals surface area contributed by atoms with Crippen LogP contribution in [0.2, 0.25) is 0 Å². The third-order valence-corrected chi connectivity index (χ3v) is 5.01. The smallest absolute Gasteiger partial charge is 0.222 e. The molecule has 1 spiro atoms. The van der Waals surface area contributed by atoms with E-state index in [1.807, 2.05) is 18.3 Å². The third kappa shape index (κ3) is 5.50. The van der Waals surface area contributed by atoms with E-state index in [2.05, 4.69) is 20.5 Å². The molecule has 24 heavy (non-hydrogen) atoms. The second-order valence-electron chi connectivity index (χ2n) is 6.59. The Morgan fingerprint density at radius 1 is 1.25 bits per heavy atom. The Bertz CT molecular complexity index is 495. The van der Waals surface area contributed by atoms with Gasteiger partial charge in [0.2, 0.25) is 5.91 Å². The van der Waals surface area contributed by atoms with E-state index in [9.17, 15) is 4.79 Å². The Hall–Kier alpha value is -1.04. The number of anilines is 1. The van der Waals surface area contributed by atoms with Gasteiger partial charge in [0, 0.05) is 38.4 Å². The molecule has 1 aromatic heterocycles. The SMILES string of the molecule is Cl.Cl.O=C1CCC2(CCNCC2)CN1CCCNc1cccnc1. The Kier molecular flexibility index (Phi) is 8.81. The van der Waals surface area contributed by atoms with Crippen molar-refractivity contribution < 1.29 is 4.79 Å². The average Bonchev–Trinajstić information content (AvgIpc) is 2.57. The van der Waals surface area contributed by atoms with Crippen LogP contribution in [0.25, 0.3) is 0 Å². The van der Waals surface area contributed by atoms with Crippen LogP contribution >= 0.6 is 24.8 Å². The fourth-order valence-corrected chi connectivity index (χ4v) is 3.64. The van der Waals surface area contributed by atoms with Crippen molar-refractivity contribution in [1.82, 2.24) is 15.2 Å². The van der Waals surface area contributed by atoms with Crippen molar-refractivity contribution in [2.45, 2.75) is 32.1 Å². The first-order chi connectivity index (χ1) is 10.8. The molecule has 2 aliphatic heterocycles. The Labute approximate surface area is 156 Å². The number of rotatable bonds is 5. The quantitative estimate of drug-likeness (QED) is 0.777. The molecule has 1 aromatic rings. The highest BCUT2D eigenvalue weighted by molar-refractivity contribution is 5.85. The maximum absolute atomic E-state index is 12.2. The number of carbonyl (C=O) groups excluding carboxylic acids is 1. The van der Waals surface area contributed by atoms with Crippen LogP contribution in [0.3, 0.4) is 0 Å². The van der Waals surface area contributed by atoms with Crippen molar-refractivity contribution in [3.05, 3.63) is 24.5 Å². The van der Waals surface area contributed by atoms with Crippen LogP contribution in [-0.4, -0.2) is 48.5 Å². The van der Waals surface area contributed by atoms with E-state index >= 15 is 0 Å². The lowest BCUT2D eigenvalue weighted by molar-refractivity contribution is -0.138. The fourth-order valence-electron chi connectivity index (χ4n) is 3.64.